The lowest BCUT2D eigenvalue weighted by Gasteiger charge is -2.07. The van der Waals surface area contributed by atoms with Gasteiger partial charge in [0, 0.05) is 30.2 Å². The molecule has 1 saturated carbocycles. The van der Waals surface area contributed by atoms with Crippen LogP contribution < -0.4 is 5.32 Å². The molecule has 3 heterocycles. The Morgan fingerprint density at radius 2 is 2.12 bits per heavy atom. The van der Waals surface area contributed by atoms with Gasteiger partial charge in [-0.25, -0.2) is 4.68 Å². The van der Waals surface area contributed by atoms with E-state index in [1.807, 2.05) is 35.4 Å². The molecule has 0 atom stereocenters. The van der Waals surface area contributed by atoms with Crippen LogP contribution in [-0.4, -0.2) is 26.3 Å². The van der Waals surface area contributed by atoms with Gasteiger partial charge in [-0.15, -0.1) is 0 Å². The van der Waals surface area contributed by atoms with Crippen LogP contribution in [0.4, 0.5) is 5.69 Å². The Morgan fingerprint density at radius 3 is 2.88 bits per heavy atom. The summed E-state index contributed by atoms with van der Waals surface area (Å²) in [5.41, 5.74) is 4.68. The highest BCUT2D eigenvalue weighted by Crippen LogP contribution is 2.31. The van der Waals surface area contributed by atoms with Crippen LogP contribution in [0, 0.1) is 5.92 Å². The van der Waals surface area contributed by atoms with Crippen molar-refractivity contribution in [3.8, 4) is 16.9 Å². The van der Waals surface area contributed by atoms with Gasteiger partial charge in [-0.1, -0.05) is 24.9 Å². The zero-order valence-corrected chi connectivity index (χ0v) is 15.6. The Morgan fingerprint density at radius 1 is 1.23 bits per heavy atom. The summed E-state index contributed by atoms with van der Waals surface area (Å²) in [6.07, 6.45) is 12.1. The second kappa shape index (κ2) is 7.46. The monoisotopic (exact) mass is 367 g/mol. The van der Waals surface area contributed by atoms with Crippen molar-refractivity contribution in [2.45, 2.75) is 32.6 Å². The van der Waals surface area contributed by atoms with E-state index >= 15 is 0 Å². The van der Waals surface area contributed by atoms with Crippen LogP contribution in [0.1, 0.15) is 31.9 Å². The van der Waals surface area contributed by atoms with Crippen molar-refractivity contribution >= 4 is 17.3 Å². The standard InChI is InChI=1S/C20H22ClN5/c1-2-3-16-8-18(6-7-22-16)26-13-15(11-25-26)20-19(21)9-17(12-24-20)23-10-14-4-5-14/h6-9,11-14,23H,2-5,10H2,1H3. The minimum absolute atomic E-state index is 0.631. The number of hydrogen-bond donors (Lipinski definition) is 1. The van der Waals surface area contributed by atoms with Gasteiger partial charge in [0.05, 0.1) is 34.5 Å². The van der Waals surface area contributed by atoms with Crippen molar-refractivity contribution in [1.82, 2.24) is 19.7 Å². The molecule has 26 heavy (non-hydrogen) atoms. The zero-order valence-electron chi connectivity index (χ0n) is 14.8. The summed E-state index contributed by atoms with van der Waals surface area (Å²) in [6.45, 7) is 3.15. The highest BCUT2D eigenvalue weighted by atomic mass is 35.5. The molecule has 0 aromatic carbocycles. The summed E-state index contributed by atoms with van der Waals surface area (Å²) >= 11 is 6.47. The molecule has 3 aromatic heterocycles. The molecule has 1 aliphatic carbocycles. The molecule has 6 heteroatoms. The Balaban J connectivity index is 1.54. The number of rotatable bonds is 7. The van der Waals surface area contributed by atoms with Crippen molar-refractivity contribution < 1.29 is 0 Å². The van der Waals surface area contributed by atoms with Crippen molar-refractivity contribution in [2.24, 2.45) is 5.92 Å². The number of halogens is 1. The number of hydrogen-bond acceptors (Lipinski definition) is 4. The van der Waals surface area contributed by atoms with Gasteiger partial charge >= 0.3 is 0 Å². The van der Waals surface area contributed by atoms with Crippen LogP contribution >= 0.6 is 11.6 Å². The average molecular weight is 368 g/mol. The van der Waals surface area contributed by atoms with Crippen LogP contribution in [0.15, 0.2) is 43.0 Å². The Labute approximate surface area is 158 Å². The number of nitrogens with zero attached hydrogens (tertiary/aromatic N) is 4. The molecule has 4 rings (SSSR count). The van der Waals surface area contributed by atoms with Gasteiger partial charge in [-0.2, -0.15) is 5.10 Å². The van der Waals surface area contributed by atoms with Gasteiger partial charge in [0.1, 0.15) is 0 Å². The number of nitrogens with one attached hydrogen (secondary N) is 1. The fourth-order valence-corrected chi connectivity index (χ4v) is 3.19. The van der Waals surface area contributed by atoms with Gasteiger partial charge in [-0.3, -0.25) is 9.97 Å². The summed E-state index contributed by atoms with van der Waals surface area (Å²) in [5.74, 6) is 0.810. The Kier molecular flexibility index (Phi) is 4.89. The number of pyridine rings is 2. The SMILES string of the molecule is CCCc1cc(-n2cc(-c3ncc(NCC4CC4)cc3Cl)cn2)ccn1. The van der Waals surface area contributed by atoms with E-state index in [4.69, 9.17) is 11.6 Å². The number of anilines is 1. The molecule has 0 spiro atoms. The summed E-state index contributed by atoms with van der Waals surface area (Å²) in [7, 11) is 0. The van der Waals surface area contributed by atoms with Gasteiger partial charge in [-0.05, 0) is 43.4 Å². The molecule has 0 amide bonds. The molecule has 134 valence electrons. The zero-order chi connectivity index (χ0) is 17.9. The van der Waals surface area contributed by atoms with E-state index in [0.717, 1.165) is 53.6 Å². The average Bonchev–Trinajstić information content (AvgIpc) is 3.35. The Bertz CT molecular complexity index is 901. The van der Waals surface area contributed by atoms with Crippen molar-refractivity contribution in [3.63, 3.8) is 0 Å². The third-order valence-corrected chi connectivity index (χ3v) is 4.85. The fraction of sp³-hybridized carbons (Fsp3) is 0.350. The lowest BCUT2D eigenvalue weighted by molar-refractivity contribution is 0.848. The summed E-state index contributed by atoms with van der Waals surface area (Å²) in [5, 5.41) is 8.50. The molecule has 1 fully saturated rings. The number of aryl methyl sites for hydroxylation is 1. The summed E-state index contributed by atoms with van der Waals surface area (Å²) in [6, 6.07) is 5.96. The maximum Gasteiger partial charge on any atom is 0.0921 e. The Hall–Kier alpha value is -2.40. The number of aromatic nitrogens is 4. The topological polar surface area (TPSA) is 55.6 Å². The van der Waals surface area contributed by atoms with E-state index in [2.05, 4.69) is 33.4 Å². The van der Waals surface area contributed by atoms with Crippen molar-refractivity contribution in [1.29, 1.82) is 0 Å². The van der Waals surface area contributed by atoms with Crippen molar-refractivity contribution in [2.75, 3.05) is 11.9 Å². The molecule has 0 radical (unpaired) electrons. The van der Waals surface area contributed by atoms with Crippen LogP contribution in [0.3, 0.4) is 0 Å². The smallest absolute Gasteiger partial charge is 0.0921 e. The first-order valence-corrected chi connectivity index (χ1v) is 9.50. The normalized spacial score (nSPS) is 13.8. The molecular formula is C20H22ClN5. The van der Waals surface area contributed by atoms with E-state index < -0.39 is 0 Å². The summed E-state index contributed by atoms with van der Waals surface area (Å²) < 4.78 is 1.84. The quantitative estimate of drug-likeness (QED) is 0.654. The molecule has 0 unspecified atom stereocenters. The van der Waals surface area contributed by atoms with E-state index in [1.165, 1.54) is 12.8 Å². The predicted molar refractivity (Wildman–Crippen MR) is 105 cm³/mol. The van der Waals surface area contributed by atoms with E-state index in [-0.39, 0.29) is 0 Å². The maximum absolute atomic E-state index is 6.47. The van der Waals surface area contributed by atoms with E-state index in [0.29, 0.717) is 5.02 Å². The highest BCUT2D eigenvalue weighted by Gasteiger charge is 2.20. The van der Waals surface area contributed by atoms with Gasteiger partial charge < -0.3 is 5.32 Å². The van der Waals surface area contributed by atoms with Crippen LogP contribution in [0.25, 0.3) is 16.9 Å². The lowest BCUT2D eigenvalue weighted by atomic mass is 10.2. The molecule has 1 N–H and O–H groups in total. The van der Waals surface area contributed by atoms with Gasteiger partial charge in [0.25, 0.3) is 0 Å². The minimum Gasteiger partial charge on any atom is -0.383 e. The molecule has 3 aromatic rings. The maximum atomic E-state index is 6.47. The largest absolute Gasteiger partial charge is 0.383 e. The molecule has 0 bridgehead atoms. The first kappa shape index (κ1) is 17.0. The third kappa shape index (κ3) is 3.88. The molecule has 0 saturated heterocycles. The first-order chi connectivity index (χ1) is 12.7. The van der Waals surface area contributed by atoms with Crippen LogP contribution in [-0.2, 0) is 6.42 Å². The second-order valence-corrected chi connectivity index (χ2v) is 7.21. The summed E-state index contributed by atoms with van der Waals surface area (Å²) in [4.78, 5) is 8.94. The molecule has 1 aliphatic rings. The highest BCUT2D eigenvalue weighted by molar-refractivity contribution is 6.33. The predicted octanol–water partition coefficient (Wildman–Crippen LogP) is 4.76. The second-order valence-electron chi connectivity index (χ2n) is 6.81. The molecule has 5 nitrogen and oxygen atoms in total. The van der Waals surface area contributed by atoms with Crippen LogP contribution in [0.5, 0.6) is 0 Å². The fourth-order valence-electron chi connectivity index (χ4n) is 2.92. The third-order valence-electron chi connectivity index (χ3n) is 4.56. The minimum atomic E-state index is 0.631. The first-order valence-electron chi connectivity index (χ1n) is 9.12. The van der Waals surface area contributed by atoms with Gasteiger partial charge in [0.15, 0.2) is 0 Å². The van der Waals surface area contributed by atoms with Gasteiger partial charge in [0.2, 0.25) is 0 Å². The molecule has 0 aliphatic heterocycles. The van der Waals surface area contributed by atoms with Crippen molar-refractivity contribution in [3.05, 3.63) is 53.7 Å². The van der Waals surface area contributed by atoms with E-state index in [1.54, 1.807) is 6.20 Å². The lowest BCUT2D eigenvalue weighted by Crippen LogP contribution is -2.03. The van der Waals surface area contributed by atoms with Crippen LogP contribution in [0.2, 0.25) is 5.02 Å². The molecular weight excluding hydrogens is 346 g/mol. The van der Waals surface area contributed by atoms with E-state index in [9.17, 15) is 0 Å².